The van der Waals surface area contributed by atoms with Gasteiger partial charge in [-0.15, -0.1) is 0 Å². The minimum Gasteiger partial charge on any atom is -0.330 e. The molecule has 0 aromatic carbocycles. The van der Waals surface area contributed by atoms with Crippen molar-refractivity contribution in [3.05, 3.63) is 71.3 Å². The number of nitrogens with two attached hydrogens (primary N) is 1. The van der Waals surface area contributed by atoms with Gasteiger partial charge in [0.1, 0.15) is 0 Å². The molecule has 0 fully saturated rings. The second-order valence-corrected chi connectivity index (χ2v) is 7.12. The number of aromatic nitrogens is 2. The van der Waals surface area contributed by atoms with Crippen LogP contribution in [-0.4, -0.2) is 28.0 Å². The molecule has 0 unspecified atom stereocenters. The van der Waals surface area contributed by atoms with Gasteiger partial charge in [-0.05, 0) is 75.9 Å². The summed E-state index contributed by atoms with van der Waals surface area (Å²) in [6.45, 7) is 6.08. The number of unbranched alkanes of at least 4 members (excludes halogenated alkanes) is 1. The van der Waals surface area contributed by atoms with Crippen LogP contribution in [0.1, 0.15) is 60.3 Å². The predicted octanol–water partition coefficient (Wildman–Crippen LogP) is 4.27. The summed E-state index contributed by atoms with van der Waals surface area (Å²) >= 11 is 0. The fraction of sp³-hybridized carbons (Fsp3) is 0.455. The Morgan fingerprint density at radius 3 is 1.92 bits per heavy atom. The molecule has 3 rings (SSSR count). The number of aryl methyl sites for hydroxylation is 2. The first-order valence-corrected chi connectivity index (χ1v) is 9.66. The minimum absolute atomic E-state index is 0.277. The highest BCUT2D eigenvalue weighted by atomic mass is 15.2. The Kier molecular flexibility index (Phi) is 6.53. The number of rotatable bonds is 6. The monoisotopic (exact) mass is 350 g/mol. The fourth-order valence-electron chi connectivity index (χ4n) is 3.92. The molecule has 0 amide bonds. The summed E-state index contributed by atoms with van der Waals surface area (Å²) in [6, 6.07) is 8.92. The molecule has 0 aliphatic carbocycles. The third-order valence-electron chi connectivity index (χ3n) is 5.29. The maximum absolute atomic E-state index is 5.76. The molecule has 1 aliphatic rings. The summed E-state index contributed by atoms with van der Waals surface area (Å²) in [5.74, 6) is 0. The first kappa shape index (κ1) is 18.7. The van der Waals surface area contributed by atoms with Crippen LogP contribution < -0.4 is 5.73 Å². The standard InChI is InChI=1S/C22H30N4/c1-17-9-7-14-24-21(17)19-11-3-4-12-20(26(19)16-6-5-13-23)22-18(2)10-8-15-25-22/h3-4,7-10,14-15,19-20H,5-6,11-13,16,23H2,1-2H3/t19-,20+. The lowest BCUT2D eigenvalue weighted by molar-refractivity contribution is 0.129. The van der Waals surface area contributed by atoms with Crippen LogP contribution in [0.4, 0.5) is 0 Å². The van der Waals surface area contributed by atoms with Crippen molar-refractivity contribution in [1.29, 1.82) is 0 Å². The molecule has 0 spiro atoms. The zero-order valence-electron chi connectivity index (χ0n) is 15.9. The average Bonchev–Trinajstić information content (AvgIpc) is 2.85. The maximum Gasteiger partial charge on any atom is 0.0607 e. The molecule has 2 aromatic heterocycles. The van der Waals surface area contributed by atoms with Crippen molar-refractivity contribution in [2.24, 2.45) is 5.73 Å². The van der Waals surface area contributed by atoms with Crippen molar-refractivity contribution >= 4 is 0 Å². The Morgan fingerprint density at radius 2 is 1.46 bits per heavy atom. The van der Waals surface area contributed by atoms with Gasteiger partial charge in [0.15, 0.2) is 0 Å². The van der Waals surface area contributed by atoms with Crippen LogP contribution in [0, 0.1) is 13.8 Å². The normalized spacial score (nSPS) is 20.9. The van der Waals surface area contributed by atoms with E-state index in [1.165, 1.54) is 22.5 Å². The third kappa shape index (κ3) is 4.19. The van der Waals surface area contributed by atoms with Crippen molar-refractivity contribution in [2.45, 2.75) is 51.6 Å². The van der Waals surface area contributed by atoms with E-state index in [9.17, 15) is 0 Å². The van der Waals surface area contributed by atoms with Gasteiger partial charge in [-0.2, -0.15) is 0 Å². The minimum atomic E-state index is 0.277. The molecule has 4 heteroatoms. The van der Waals surface area contributed by atoms with Crippen LogP contribution in [0.25, 0.3) is 0 Å². The molecule has 0 bridgehead atoms. The summed E-state index contributed by atoms with van der Waals surface area (Å²) in [5, 5.41) is 0. The van der Waals surface area contributed by atoms with E-state index in [0.717, 1.165) is 38.8 Å². The largest absolute Gasteiger partial charge is 0.330 e. The summed E-state index contributed by atoms with van der Waals surface area (Å²) in [5.41, 5.74) is 10.6. The Morgan fingerprint density at radius 1 is 0.923 bits per heavy atom. The molecule has 26 heavy (non-hydrogen) atoms. The molecule has 3 heterocycles. The van der Waals surface area contributed by atoms with E-state index in [1.54, 1.807) is 0 Å². The second kappa shape index (κ2) is 9.06. The molecule has 2 atom stereocenters. The van der Waals surface area contributed by atoms with Crippen molar-refractivity contribution in [2.75, 3.05) is 13.1 Å². The molecule has 138 valence electrons. The molecule has 0 saturated carbocycles. The van der Waals surface area contributed by atoms with Crippen molar-refractivity contribution < 1.29 is 0 Å². The van der Waals surface area contributed by atoms with E-state index in [-0.39, 0.29) is 12.1 Å². The fourth-order valence-corrected chi connectivity index (χ4v) is 3.92. The van der Waals surface area contributed by atoms with E-state index < -0.39 is 0 Å². The Labute approximate surface area is 157 Å². The van der Waals surface area contributed by atoms with E-state index >= 15 is 0 Å². The zero-order chi connectivity index (χ0) is 18.4. The lowest BCUT2D eigenvalue weighted by atomic mass is 9.98. The SMILES string of the molecule is Cc1cccnc1[C@H]1CC=CC[C@@H](c2ncccc2C)N1CCCCN. The highest BCUT2D eigenvalue weighted by molar-refractivity contribution is 5.27. The van der Waals surface area contributed by atoms with Gasteiger partial charge in [0, 0.05) is 12.4 Å². The van der Waals surface area contributed by atoms with Crippen molar-refractivity contribution in [1.82, 2.24) is 14.9 Å². The van der Waals surface area contributed by atoms with Crippen molar-refractivity contribution in [3.63, 3.8) is 0 Å². The van der Waals surface area contributed by atoms with Gasteiger partial charge >= 0.3 is 0 Å². The van der Waals surface area contributed by atoms with Gasteiger partial charge in [-0.1, -0.05) is 24.3 Å². The van der Waals surface area contributed by atoms with Crippen LogP contribution in [0.15, 0.2) is 48.8 Å². The van der Waals surface area contributed by atoms with E-state index in [0.29, 0.717) is 0 Å². The van der Waals surface area contributed by atoms with Gasteiger partial charge < -0.3 is 5.73 Å². The van der Waals surface area contributed by atoms with Gasteiger partial charge in [0.25, 0.3) is 0 Å². The summed E-state index contributed by atoms with van der Waals surface area (Å²) < 4.78 is 0. The van der Waals surface area contributed by atoms with Gasteiger partial charge in [0.2, 0.25) is 0 Å². The first-order valence-electron chi connectivity index (χ1n) is 9.66. The Hall–Kier alpha value is -2.04. The van der Waals surface area contributed by atoms with Gasteiger partial charge in [-0.25, -0.2) is 0 Å². The quantitative estimate of drug-likeness (QED) is 0.624. The second-order valence-electron chi connectivity index (χ2n) is 7.12. The summed E-state index contributed by atoms with van der Waals surface area (Å²) in [6.07, 6.45) is 12.6. The smallest absolute Gasteiger partial charge is 0.0607 e. The maximum atomic E-state index is 5.76. The van der Waals surface area contributed by atoms with Gasteiger partial charge in [-0.3, -0.25) is 14.9 Å². The van der Waals surface area contributed by atoms with Crippen LogP contribution in [-0.2, 0) is 0 Å². The van der Waals surface area contributed by atoms with Gasteiger partial charge in [0.05, 0.1) is 23.5 Å². The van der Waals surface area contributed by atoms with Crippen LogP contribution in [0.5, 0.6) is 0 Å². The molecular weight excluding hydrogens is 320 g/mol. The van der Waals surface area contributed by atoms with E-state index in [4.69, 9.17) is 15.7 Å². The van der Waals surface area contributed by atoms with Crippen LogP contribution >= 0.6 is 0 Å². The molecule has 4 nitrogen and oxygen atoms in total. The average molecular weight is 351 g/mol. The Balaban J connectivity index is 2.00. The van der Waals surface area contributed by atoms with E-state index in [2.05, 4.69) is 43.0 Å². The number of nitrogens with zero attached hydrogens (tertiary/aromatic N) is 3. The van der Waals surface area contributed by atoms with Crippen molar-refractivity contribution in [3.8, 4) is 0 Å². The Bertz CT molecular complexity index is 683. The lowest BCUT2D eigenvalue weighted by Gasteiger charge is -2.37. The first-order chi connectivity index (χ1) is 12.7. The summed E-state index contributed by atoms with van der Waals surface area (Å²) in [7, 11) is 0. The highest BCUT2D eigenvalue weighted by Gasteiger charge is 2.31. The molecule has 2 aromatic rings. The topological polar surface area (TPSA) is 55.0 Å². The predicted molar refractivity (Wildman–Crippen MR) is 107 cm³/mol. The van der Waals surface area contributed by atoms with E-state index in [1.807, 2.05) is 24.5 Å². The molecule has 2 N–H and O–H groups in total. The highest BCUT2D eigenvalue weighted by Crippen LogP contribution is 2.38. The van der Waals surface area contributed by atoms with Crippen LogP contribution in [0.3, 0.4) is 0 Å². The molecule has 0 saturated heterocycles. The lowest BCUT2D eigenvalue weighted by Crippen LogP contribution is -2.34. The number of hydrogen-bond donors (Lipinski definition) is 1. The third-order valence-corrected chi connectivity index (χ3v) is 5.29. The number of hydrogen-bond acceptors (Lipinski definition) is 4. The van der Waals surface area contributed by atoms with Crippen LogP contribution in [0.2, 0.25) is 0 Å². The molecule has 1 aliphatic heterocycles. The summed E-state index contributed by atoms with van der Waals surface area (Å²) in [4.78, 5) is 12.1. The zero-order valence-corrected chi connectivity index (χ0v) is 15.9. The number of pyridine rings is 2. The molecule has 0 radical (unpaired) electrons. The molecular formula is C22H30N4.